The molecule has 20 heavy (non-hydrogen) atoms. The van der Waals surface area contributed by atoms with Crippen LogP contribution in [0.2, 0.25) is 0 Å². The zero-order valence-corrected chi connectivity index (χ0v) is 13.3. The normalized spacial score (nSPS) is 22.6. The monoisotopic (exact) mass is 332 g/mol. The number of alkyl halides is 1. The number of benzene rings is 2. The lowest BCUT2D eigenvalue weighted by Crippen LogP contribution is -1.98. The predicted octanol–water partition coefficient (Wildman–Crippen LogP) is 5.68. The number of hydrogen-bond donors (Lipinski definition) is 0. The Bertz CT molecular complexity index is 598. The molecule has 0 amide bonds. The lowest BCUT2D eigenvalue weighted by atomic mass is 10.00. The molecule has 3 unspecified atom stereocenters. The fourth-order valence-corrected chi connectivity index (χ4v) is 3.86. The van der Waals surface area contributed by atoms with Gasteiger partial charge in [0.05, 0.1) is 0 Å². The molecule has 0 bridgehead atoms. The molecule has 0 aromatic heterocycles. The van der Waals surface area contributed by atoms with Crippen LogP contribution in [0, 0.1) is 25.6 Å². The standard InChI is InChI=1S/C18H18BrF/c1-11-8-14(9-12(2)18(11)20)17(19)16-10-15(16)13-6-4-3-5-7-13/h3-9,15-17H,10H2,1-2H3. The second-order valence-electron chi connectivity index (χ2n) is 5.79. The van der Waals surface area contributed by atoms with Gasteiger partial charge >= 0.3 is 0 Å². The summed E-state index contributed by atoms with van der Waals surface area (Å²) in [4.78, 5) is 0.311. The van der Waals surface area contributed by atoms with Crippen LogP contribution in [0.1, 0.15) is 39.4 Å². The van der Waals surface area contributed by atoms with Crippen LogP contribution < -0.4 is 0 Å². The molecule has 0 aliphatic heterocycles. The lowest BCUT2D eigenvalue weighted by molar-refractivity contribution is 0.607. The fraction of sp³-hybridized carbons (Fsp3) is 0.333. The van der Waals surface area contributed by atoms with E-state index in [-0.39, 0.29) is 5.82 Å². The molecule has 1 saturated carbocycles. The summed E-state index contributed by atoms with van der Waals surface area (Å²) in [7, 11) is 0. The van der Waals surface area contributed by atoms with E-state index in [0.717, 1.165) is 11.1 Å². The fourth-order valence-electron chi connectivity index (χ4n) is 3.01. The van der Waals surface area contributed by atoms with Crippen LogP contribution in [0.4, 0.5) is 4.39 Å². The van der Waals surface area contributed by atoms with Crippen molar-refractivity contribution in [1.29, 1.82) is 0 Å². The molecule has 2 heteroatoms. The smallest absolute Gasteiger partial charge is 0.129 e. The van der Waals surface area contributed by atoms with E-state index in [9.17, 15) is 4.39 Å². The van der Waals surface area contributed by atoms with Gasteiger partial charge in [-0.05, 0) is 54.4 Å². The molecule has 0 saturated heterocycles. The van der Waals surface area contributed by atoms with E-state index in [2.05, 4.69) is 46.3 Å². The highest BCUT2D eigenvalue weighted by Crippen LogP contribution is 2.57. The van der Waals surface area contributed by atoms with E-state index in [4.69, 9.17) is 0 Å². The molecule has 1 fully saturated rings. The molecule has 0 radical (unpaired) electrons. The number of halogens is 2. The van der Waals surface area contributed by atoms with E-state index in [1.807, 2.05) is 26.0 Å². The van der Waals surface area contributed by atoms with Gasteiger partial charge < -0.3 is 0 Å². The van der Waals surface area contributed by atoms with Crippen molar-refractivity contribution >= 4 is 15.9 Å². The van der Waals surface area contributed by atoms with Gasteiger partial charge in [-0.2, -0.15) is 0 Å². The van der Waals surface area contributed by atoms with E-state index in [1.54, 1.807) is 0 Å². The maximum atomic E-state index is 13.7. The Kier molecular flexibility index (Phi) is 3.68. The highest BCUT2D eigenvalue weighted by Gasteiger charge is 2.43. The molecular weight excluding hydrogens is 315 g/mol. The Morgan fingerprint density at radius 1 is 1.10 bits per heavy atom. The second kappa shape index (κ2) is 5.33. The number of rotatable bonds is 3. The molecule has 1 aliphatic carbocycles. The van der Waals surface area contributed by atoms with Gasteiger partial charge in [-0.15, -0.1) is 0 Å². The summed E-state index contributed by atoms with van der Waals surface area (Å²) >= 11 is 3.82. The molecule has 3 atom stereocenters. The van der Waals surface area contributed by atoms with Crippen molar-refractivity contribution in [2.75, 3.05) is 0 Å². The zero-order valence-electron chi connectivity index (χ0n) is 11.7. The summed E-state index contributed by atoms with van der Waals surface area (Å²) in [5.41, 5.74) is 4.09. The summed E-state index contributed by atoms with van der Waals surface area (Å²) in [5, 5.41) is 0. The third-order valence-corrected chi connectivity index (χ3v) is 5.43. The number of aryl methyl sites for hydroxylation is 2. The molecule has 0 heterocycles. The summed E-state index contributed by atoms with van der Waals surface area (Å²) in [5.74, 6) is 1.16. The van der Waals surface area contributed by atoms with Crippen molar-refractivity contribution in [2.45, 2.75) is 31.0 Å². The first-order chi connectivity index (χ1) is 9.58. The Morgan fingerprint density at radius 2 is 1.70 bits per heavy atom. The second-order valence-corrected chi connectivity index (χ2v) is 6.77. The Morgan fingerprint density at radius 3 is 2.30 bits per heavy atom. The molecule has 3 rings (SSSR count). The van der Waals surface area contributed by atoms with Crippen molar-refractivity contribution in [2.24, 2.45) is 5.92 Å². The number of hydrogen-bond acceptors (Lipinski definition) is 0. The minimum Gasteiger partial charge on any atom is -0.206 e. The van der Waals surface area contributed by atoms with Gasteiger partial charge in [-0.25, -0.2) is 4.39 Å². The van der Waals surface area contributed by atoms with E-state index in [0.29, 0.717) is 16.7 Å². The SMILES string of the molecule is Cc1cc(C(Br)C2CC2c2ccccc2)cc(C)c1F. The zero-order chi connectivity index (χ0) is 14.3. The average Bonchev–Trinajstić information content (AvgIpc) is 3.25. The molecule has 0 N–H and O–H groups in total. The highest BCUT2D eigenvalue weighted by atomic mass is 79.9. The largest absolute Gasteiger partial charge is 0.206 e. The summed E-state index contributed by atoms with van der Waals surface area (Å²) in [6.45, 7) is 3.68. The third-order valence-electron chi connectivity index (χ3n) is 4.22. The highest BCUT2D eigenvalue weighted by molar-refractivity contribution is 9.09. The molecule has 104 valence electrons. The summed E-state index contributed by atoms with van der Waals surface area (Å²) in [6, 6.07) is 14.6. The van der Waals surface area contributed by atoms with E-state index in [1.165, 1.54) is 17.5 Å². The first-order valence-electron chi connectivity index (χ1n) is 7.03. The van der Waals surface area contributed by atoms with Crippen molar-refractivity contribution in [3.63, 3.8) is 0 Å². The van der Waals surface area contributed by atoms with E-state index >= 15 is 0 Å². The molecular formula is C18H18BrF. The Hall–Kier alpha value is -1.15. The van der Waals surface area contributed by atoms with Gasteiger partial charge in [0.2, 0.25) is 0 Å². The summed E-state index contributed by atoms with van der Waals surface area (Å²) in [6.07, 6.45) is 1.20. The van der Waals surface area contributed by atoms with Crippen LogP contribution in [0.15, 0.2) is 42.5 Å². The molecule has 1 aliphatic rings. The van der Waals surface area contributed by atoms with Gasteiger partial charge in [-0.3, -0.25) is 0 Å². The van der Waals surface area contributed by atoms with Gasteiger partial charge in [-0.1, -0.05) is 58.4 Å². The van der Waals surface area contributed by atoms with Crippen LogP contribution in [0.3, 0.4) is 0 Å². The lowest BCUT2D eigenvalue weighted by Gasteiger charge is -2.13. The van der Waals surface area contributed by atoms with Crippen molar-refractivity contribution in [3.05, 3.63) is 70.5 Å². The first-order valence-corrected chi connectivity index (χ1v) is 7.95. The van der Waals surface area contributed by atoms with Gasteiger partial charge in [0.25, 0.3) is 0 Å². The Balaban J connectivity index is 1.80. The van der Waals surface area contributed by atoms with Crippen molar-refractivity contribution in [1.82, 2.24) is 0 Å². The maximum absolute atomic E-state index is 13.7. The molecule has 2 aromatic carbocycles. The van der Waals surface area contributed by atoms with Gasteiger partial charge in [0.1, 0.15) is 5.82 Å². The summed E-state index contributed by atoms with van der Waals surface area (Å²) < 4.78 is 13.7. The topological polar surface area (TPSA) is 0 Å². The minimum absolute atomic E-state index is 0.0798. The molecule has 2 aromatic rings. The van der Waals surface area contributed by atoms with Crippen molar-refractivity contribution < 1.29 is 4.39 Å². The third kappa shape index (κ3) is 2.54. The predicted molar refractivity (Wildman–Crippen MR) is 84.8 cm³/mol. The van der Waals surface area contributed by atoms with Crippen LogP contribution in [0.25, 0.3) is 0 Å². The van der Waals surface area contributed by atoms with Crippen LogP contribution in [0.5, 0.6) is 0 Å². The van der Waals surface area contributed by atoms with Gasteiger partial charge in [0, 0.05) is 4.83 Å². The van der Waals surface area contributed by atoms with Gasteiger partial charge in [0.15, 0.2) is 0 Å². The maximum Gasteiger partial charge on any atom is 0.129 e. The van der Waals surface area contributed by atoms with Crippen LogP contribution in [-0.4, -0.2) is 0 Å². The van der Waals surface area contributed by atoms with Crippen LogP contribution >= 0.6 is 15.9 Å². The van der Waals surface area contributed by atoms with Crippen LogP contribution in [-0.2, 0) is 0 Å². The molecule has 0 nitrogen and oxygen atoms in total. The first kappa shape index (κ1) is 13.8. The minimum atomic E-state index is -0.0798. The average molecular weight is 333 g/mol. The quantitative estimate of drug-likeness (QED) is 0.634. The molecule has 0 spiro atoms. The van der Waals surface area contributed by atoms with Crippen molar-refractivity contribution in [3.8, 4) is 0 Å². The van der Waals surface area contributed by atoms with E-state index < -0.39 is 0 Å². The Labute approximate surface area is 128 Å².